The van der Waals surface area contributed by atoms with Gasteiger partial charge in [-0.25, -0.2) is 0 Å². The SMILES string of the molecule is C=C/C=C(\CC)C1CC1N=C(C)CC. The molecule has 0 N–H and O–H groups in total. The number of allylic oxidation sites excluding steroid dienone is 2. The van der Waals surface area contributed by atoms with Gasteiger partial charge >= 0.3 is 0 Å². The third kappa shape index (κ3) is 2.83. The zero-order chi connectivity index (χ0) is 10.6. The van der Waals surface area contributed by atoms with Crippen LogP contribution in [0.2, 0.25) is 0 Å². The molecular weight excluding hydrogens is 170 g/mol. The van der Waals surface area contributed by atoms with Crippen LogP contribution < -0.4 is 0 Å². The van der Waals surface area contributed by atoms with Gasteiger partial charge in [-0.05, 0) is 26.2 Å². The van der Waals surface area contributed by atoms with Gasteiger partial charge in [-0.3, -0.25) is 4.99 Å². The van der Waals surface area contributed by atoms with Crippen molar-refractivity contribution in [2.75, 3.05) is 0 Å². The van der Waals surface area contributed by atoms with Gasteiger partial charge in [-0.15, -0.1) is 0 Å². The van der Waals surface area contributed by atoms with Gasteiger partial charge in [0.2, 0.25) is 0 Å². The van der Waals surface area contributed by atoms with E-state index in [1.165, 1.54) is 17.7 Å². The monoisotopic (exact) mass is 191 g/mol. The lowest BCUT2D eigenvalue weighted by molar-refractivity contribution is 0.859. The number of hydrogen-bond donors (Lipinski definition) is 0. The zero-order valence-electron chi connectivity index (χ0n) is 9.59. The minimum atomic E-state index is 0.570. The average molecular weight is 191 g/mol. The van der Waals surface area contributed by atoms with Crippen molar-refractivity contribution in [3.8, 4) is 0 Å². The Hall–Kier alpha value is -0.850. The average Bonchev–Trinajstić information content (AvgIpc) is 2.93. The molecule has 1 nitrogen and oxygen atoms in total. The van der Waals surface area contributed by atoms with Crippen molar-refractivity contribution in [2.45, 2.75) is 46.1 Å². The summed E-state index contributed by atoms with van der Waals surface area (Å²) in [6.45, 7) is 10.2. The van der Waals surface area contributed by atoms with Gasteiger partial charge in [0.1, 0.15) is 0 Å². The minimum Gasteiger partial charge on any atom is -0.290 e. The molecule has 1 fully saturated rings. The number of rotatable bonds is 5. The second-order valence-corrected chi connectivity index (χ2v) is 3.96. The first-order valence-electron chi connectivity index (χ1n) is 5.57. The molecule has 0 saturated heterocycles. The third-order valence-corrected chi connectivity index (χ3v) is 2.87. The second-order valence-electron chi connectivity index (χ2n) is 3.96. The van der Waals surface area contributed by atoms with Gasteiger partial charge < -0.3 is 0 Å². The Balaban J connectivity index is 2.53. The Bertz CT molecular complexity index is 260. The van der Waals surface area contributed by atoms with E-state index in [2.05, 4.69) is 38.4 Å². The van der Waals surface area contributed by atoms with Crippen LogP contribution in [0.5, 0.6) is 0 Å². The van der Waals surface area contributed by atoms with Crippen LogP contribution in [0, 0.1) is 5.92 Å². The highest BCUT2D eigenvalue weighted by molar-refractivity contribution is 5.81. The first kappa shape index (κ1) is 11.2. The van der Waals surface area contributed by atoms with Crippen molar-refractivity contribution < 1.29 is 0 Å². The van der Waals surface area contributed by atoms with E-state index in [0.717, 1.165) is 12.8 Å². The second kappa shape index (κ2) is 5.14. The molecule has 2 unspecified atom stereocenters. The van der Waals surface area contributed by atoms with E-state index in [0.29, 0.717) is 12.0 Å². The van der Waals surface area contributed by atoms with Gasteiger partial charge in [0.05, 0.1) is 6.04 Å². The molecule has 1 saturated carbocycles. The van der Waals surface area contributed by atoms with Crippen molar-refractivity contribution in [1.29, 1.82) is 0 Å². The van der Waals surface area contributed by atoms with Crippen molar-refractivity contribution in [2.24, 2.45) is 10.9 Å². The van der Waals surface area contributed by atoms with Crippen LogP contribution >= 0.6 is 0 Å². The first-order valence-corrected chi connectivity index (χ1v) is 5.57. The Kier molecular flexibility index (Phi) is 4.12. The summed E-state index contributed by atoms with van der Waals surface area (Å²) in [5, 5.41) is 0. The third-order valence-electron chi connectivity index (χ3n) is 2.87. The summed E-state index contributed by atoms with van der Waals surface area (Å²) >= 11 is 0. The Morgan fingerprint density at radius 2 is 2.14 bits per heavy atom. The van der Waals surface area contributed by atoms with Gasteiger partial charge in [0.15, 0.2) is 0 Å². The van der Waals surface area contributed by atoms with Gasteiger partial charge in [-0.2, -0.15) is 0 Å². The fourth-order valence-corrected chi connectivity index (χ4v) is 1.75. The first-order chi connectivity index (χ1) is 6.72. The van der Waals surface area contributed by atoms with Crippen molar-refractivity contribution in [3.05, 3.63) is 24.3 Å². The maximum atomic E-state index is 4.68. The Labute approximate surface area is 87.6 Å². The topological polar surface area (TPSA) is 12.4 Å². The van der Waals surface area contributed by atoms with Crippen LogP contribution in [0.3, 0.4) is 0 Å². The van der Waals surface area contributed by atoms with E-state index in [9.17, 15) is 0 Å². The van der Waals surface area contributed by atoms with Gasteiger partial charge in [0.25, 0.3) is 0 Å². The molecule has 0 amide bonds. The van der Waals surface area contributed by atoms with Crippen LogP contribution in [0.4, 0.5) is 0 Å². The molecule has 1 heteroatoms. The highest BCUT2D eigenvalue weighted by atomic mass is 14.9. The zero-order valence-corrected chi connectivity index (χ0v) is 9.59. The summed E-state index contributed by atoms with van der Waals surface area (Å²) in [6.07, 6.45) is 7.50. The summed E-state index contributed by atoms with van der Waals surface area (Å²) in [6, 6.07) is 0.570. The minimum absolute atomic E-state index is 0.570. The van der Waals surface area contributed by atoms with Gasteiger partial charge in [0, 0.05) is 11.6 Å². The molecule has 0 spiro atoms. The molecule has 0 radical (unpaired) electrons. The molecule has 0 aromatic carbocycles. The smallest absolute Gasteiger partial charge is 0.0571 e. The van der Waals surface area contributed by atoms with Crippen molar-refractivity contribution >= 4 is 5.71 Å². The van der Waals surface area contributed by atoms with E-state index in [1.807, 2.05) is 6.08 Å². The largest absolute Gasteiger partial charge is 0.290 e. The molecule has 14 heavy (non-hydrogen) atoms. The molecule has 0 aromatic rings. The summed E-state index contributed by atoms with van der Waals surface area (Å²) in [7, 11) is 0. The Morgan fingerprint density at radius 1 is 1.43 bits per heavy atom. The lowest BCUT2D eigenvalue weighted by Gasteiger charge is -2.00. The molecule has 1 rings (SSSR count). The quantitative estimate of drug-likeness (QED) is 0.463. The van der Waals surface area contributed by atoms with E-state index < -0.39 is 0 Å². The molecule has 0 bridgehead atoms. The van der Waals surface area contributed by atoms with E-state index in [-0.39, 0.29) is 0 Å². The van der Waals surface area contributed by atoms with E-state index in [4.69, 9.17) is 0 Å². The molecule has 0 aliphatic heterocycles. The summed E-state index contributed by atoms with van der Waals surface area (Å²) in [5.74, 6) is 0.708. The highest BCUT2D eigenvalue weighted by Gasteiger charge is 2.38. The maximum Gasteiger partial charge on any atom is 0.0571 e. The molecule has 1 aliphatic rings. The van der Waals surface area contributed by atoms with Crippen LogP contribution in [0.15, 0.2) is 29.3 Å². The molecule has 0 aromatic heterocycles. The van der Waals surface area contributed by atoms with Crippen molar-refractivity contribution in [3.63, 3.8) is 0 Å². The predicted molar refractivity (Wildman–Crippen MR) is 63.9 cm³/mol. The van der Waals surface area contributed by atoms with Crippen LogP contribution in [0.1, 0.15) is 40.0 Å². The molecule has 2 atom stereocenters. The summed E-state index contributed by atoms with van der Waals surface area (Å²) in [5.41, 5.74) is 2.80. The maximum absolute atomic E-state index is 4.68. The summed E-state index contributed by atoms with van der Waals surface area (Å²) < 4.78 is 0. The van der Waals surface area contributed by atoms with Gasteiger partial charge in [-0.1, -0.05) is 38.2 Å². The number of hydrogen-bond acceptors (Lipinski definition) is 1. The van der Waals surface area contributed by atoms with Crippen LogP contribution in [-0.4, -0.2) is 11.8 Å². The van der Waals surface area contributed by atoms with Crippen LogP contribution in [-0.2, 0) is 0 Å². The lowest BCUT2D eigenvalue weighted by Crippen LogP contribution is -1.94. The van der Waals surface area contributed by atoms with E-state index >= 15 is 0 Å². The number of nitrogens with zero attached hydrogens (tertiary/aromatic N) is 1. The standard InChI is InChI=1S/C13H21N/c1-5-8-11(7-3)12-9-13(12)14-10(4)6-2/h5,8,12-13H,1,6-7,9H2,2-4H3/b11-8+,14-10?. The molecule has 78 valence electrons. The highest BCUT2D eigenvalue weighted by Crippen LogP contribution is 2.41. The molecular formula is C13H21N. The lowest BCUT2D eigenvalue weighted by atomic mass is 10.1. The molecule has 0 heterocycles. The molecule has 1 aliphatic carbocycles. The number of aliphatic imine (C=N–C) groups is 1. The normalized spacial score (nSPS) is 27.6. The van der Waals surface area contributed by atoms with Crippen LogP contribution in [0.25, 0.3) is 0 Å². The Morgan fingerprint density at radius 3 is 2.64 bits per heavy atom. The predicted octanol–water partition coefficient (Wildman–Crippen LogP) is 3.77. The summed E-state index contributed by atoms with van der Waals surface area (Å²) in [4.78, 5) is 4.68. The fraction of sp³-hybridized carbons (Fsp3) is 0.615. The van der Waals surface area contributed by atoms with Crippen molar-refractivity contribution in [1.82, 2.24) is 0 Å². The van der Waals surface area contributed by atoms with E-state index in [1.54, 1.807) is 0 Å². The fourth-order valence-electron chi connectivity index (χ4n) is 1.75.